The van der Waals surface area contributed by atoms with Gasteiger partial charge >= 0.3 is 11.9 Å². The highest BCUT2D eigenvalue weighted by Crippen LogP contribution is 2.83. The summed E-state index contributed by atoms with van der Waals surface area (Å²) in [6, 6.07) is 0. The molecule has 8 rings (SSSR count). The van der Waals surface area contributed by atoms with Crippen molar-refractivity contribution in [3.8, 4) is 0 Å². The number of hydrogen-bond acceptors (Lipinski definition) is 10. The number of carbonyl (C=O) groups is 3. The molecule has 5 aliphatic heterocycles. The highest BCUT2D eigenvalue weighted by Gasteiger charge is 3.01. The lowest BCUT2D eigenvalue weighted by Crippen LogP contribution is -2.70. The Hall–Kier alpha value is -1.07. The lowest BCUT2D eigenvalue weighted by Gasteiger charge is -2.53. The van der Waals surface area contributed by atoms with E-state index in [1.165, 1.54) is 12.2 Å². The quantitative estimate of drug-likeness (QED) is 0.127. The summed E-state index contributed by atoms with van der Waals surface area (Å²) in [7, 11) is 3.90. The van der Waals surface area contributed by atoms with Gasteiger partial charge in [0.2, 0.25) is 0 Å². The summed E-state index contributed by atoms with van der Waals surface area (Å²) in [5.74, 6) is 0.701. The molecule has 8 aliphatic rings. The number of cyclic esters (lactones) is 1. The van der Waals surface area contributed by atoms with Crippen molar-refractivity contribution in [2.75, 3.05) is 12.4 Å². The molecule has 0 aromatic heterocycles. The third-order valence-corrected chi connectivity index (χ3v) is 14.6. The predicted molar refractivity (Wildman–Crippen MR) is 148 cm³/mol. The molecule has 0 radical (unpaired) electrons. The average molecular weight is 591 g/mol. The van der Waals surface area contributed by atoms with E-state index in [1.807, 2.05) is 21.6 Å². The minimum absolute atomic E-state index is 0.0598. The van der Waals surface area contributed by atoms with E-state index in [4.69, 9.17) is 23.7 Å². The summed E-state index contributed by atoms with van der Waals surface area (Å²) in [5, 5.41) is 0.701. The molecule has 0 aromatic carbocycles. The van der Waals surface area contributed by atoms with Crippen LogP contribution in [0.2, 0.25) is 0 Å². The molecular formula is C30H38O8S2. The van der Waals surface area contributed by atoms with Gasteiger partial charge in [0.05, 0.1) is 6.10 Å². The van der Waals surface area contributed by atoms with E-state index < -0.39 is 28.9 Å². The Bertz CT molecular complexity index is 1210. The summed E-state index contributed by atoms with van der Waals surface area (Å²) in [6.45, 7) is 6.82. The number of epoxide rings is 3. The molecule has 3 aliphatic carbocycles. The van der Waals surface area contributed by atoms with Crippen LogP contribution in [0.15, 0.2) is 11.1 Å². The summed E-state index contributed by atoms with van der Waals surface area (Å²) < 4.78 is 31.6. The highest BCUT2D eigenvalue weighted by atomic mass is 33.1. The predicted octanol–water partition coefficient (Wildman–Crippen LogP) is 4.33. The molecule has 2 saturated carbocycles. The van der Waals surface area contributed by atoms with Gasteiger partial charge in [-0.15, -0.1) is 0 Å². The van der Waals surface area contributed by atoms with Crippen LogP contribution in [0.3, 0.4) is 0 Å². The Morgan fingerprint density at radius 2 is 2.00 bits per heavy atom. The second-order valence-corrected chi connectivity index (χ2v) is 16.5. The van der Waals surface area contributed by atoms with Crippen molar-refractivity contribution in [2.24, 2.45) is 17.3 Å². The van der Waals surface area contributed by atoms with Gasteiger partial charge in [-0.1, -0.05) is 48.8 Å². The number of rotatable bonds is 9. The lowest BCUT2D eigenvalue weighted by atomic mass is 9.46. The fourth-order valence-corrected chi connectivity index (χ4v) is 12.6. The van der Waals surface area contributed by atoms with Gasteiger partial charge in [-0.25, -0.2) is 4.79 Å². The number of hydrogen-bond donors (Lipinski definition) is 0. The monoisotopic (exact) mass is 590 g/mol. The van der Waals surface area contributed by atoms with Gasteiger partial charge < -0.3 is 23.7 Å². The van der Waals surface area contributed by atoms with Gasteiger partial charge in [-0.2, -0.15) is 0 Å². The average Bonchev–Trinajstić information content (AvgIpc) is 3.85. The zero-order valence-corrected chi connectivity index (χ0v) is 25.0. The van der Waals surface area contributed by atoms with Gasteiger partial charge in [-0.3, -0.25) is 9.59 Å². The van der Waals surface area contributed by atoms with Crippen molar-refractivity contribution in [1.82, 2.24) is 0 Å². The first-order valence-corrected chi connectivity index (χ1v) is 17.5. The van der Waals surface area contributed by atoms with Crippen LogP contribution >= 0.6 is 21.6 Å². The first-order valence-electron chi connectivity index (χ1n) is 15.1. The number of unbranched alkanes of at least 4 members (excludes halogenated alkanes) is 1. The summed E-state index contributed by atoms with van der Waals surface area (Å²) in [4.78, 5) is 38.5. The summed E-state index contributed by atoms with van der Waals surface area (Å²) in [5.41, 5.74) is -0.428. The standard InChI is InChI=1S/C30H38O8S2/c1-15(2)28-23(37-28)24-30(38-24)27(3)10-8-18-19(14-34-25(18)33)20(27)13-21-29(30,36-21)26(28)35-22(32)12-16(31)6-4-5-7-17-9-11-39-40-17/h15,17,20-21,23-24,26H,4-14H2,1-3H3. The molecule has 4 saturated heterocycles. The van der Waals surface area contributed by atoms with Crippen molar-refractivity contribution < 1.29 is 38.1 Å². The Balaban J connectivity index is 1.01. The van der Waals surface area contributed by atoms with Gasteiger partial charge in [-0.05, 0) is 55.9 Å². The number of Topliss-reactive ketones (excluding diaryl/α,β-unsaturated/α-hetero) is 1. The van der Waals surface area contributed by atoms with Crippen molar-refractivity contribution in [1.29, 1.82) is 0 Å². The van der Waals surface area contributed by atoms with Crippen LogP contribution in [-0.2, 0) is 38.1 Å². The second kappa shape index (κ2) is 8.74. The third-order valence-electron chi connectivity index (χ3n) is 11.6. The van der Waals surface area contributed by atoms with E-state index in [-0.39, 0.29) is 53.7 Å². The number of carbonyl (C=O) groups excluding carboxylic acids is 3. The Morgan fingerprint density at radius 1 is 1.15 bits per heavy atom. The molecule has 0 aromatic rings. The molecule has 10 atom stereocenters. The van der Waals surface area contributed by atoms with Crippen LogP contribution < -0.4 is 0 Å². The number of ether oxygens (including phenoxy) is 5. The van der Waals surface area contributed by atoms with E-state index in [0.29, 0.717) is 24.7 Å². The number of esters is 2. The lowest BCUT2D eigenvalue weighted by molar-refractivity contribution is -0.170. The van der Waals surface area contributed by atoms with Gasteiger partial charge in [0.15, 0.2) is 11.7 Å². The van der Waals surface area contributed by atoms with E-state index in [2.05, 4.69) is 20.8 Å². The molecule has 10 unspecified atom stereocenters. The minimum Gasteiger partial charge on any atom is -0.458 e. The molecular weight excluding hydrogens is 552 g/mol. The summed E-state index contributed by atoms with van der Waals surface area (Å²) >= 11 is 0. The van der Waals surface area contributed by atoms with Gasteiger partial charge in [0.25, 0.3) is 0 Å². The first kappa shape index (κ1) is 26.5. The SMILES string of the molecule is CC(C)C12OC1C1OC13C1(C)CCC4=C(COC4=O)C1CC1OC13C2OC(=O)CC(=O)CCCCC1CCSS1. The van der Waals surface area contributed by atoms with E-state index in [0.717, 1.165) is 43.3 Å². The van der Waals surface area contributed by atoms with E-state index >= 15 is 0 Å². The number of ketones is 1. The van der Waals surface area contributed by atoms with Gasteiger partial charge in [0, 0.05) is 28.4 Å². The van der Waals surface area contributed by atoms with E-state index in [1.54, 1.807) is 0 Å². The van der Waals surface area contributed by atoms with Crippen LogP contribution in [0, 0.1) is 17.3 Å². The summed E-state index contributed by atoms with van der Waals surface area (Å²) in [6.07, 6.45) is 5.54. The van der Waals surface area contributed by atoms with Gasteiger partial charge in [0.1, 0.15) is 42.2 Å². The molecule has 5 heterocycles. The third kappa shape index (κ3) is 3.26. The molecule has 6 fully saturated rings. The van der Waals surface area contributed by atoms with Crippen LogP contribution in [0.25, 0.3) is 0 Å². The highest BCUT2D eigenvalue weighted by molar-refractivity contribution is 8.77. The number of fused-ring (bicyclic) bond motifs is 4. The van der Waals surface area contributed by atoms with Crippen LogP contribution in [0.5, 0.6) is 0 Å². The first-order chi connectivity index (χ1) is 19.2. The molecule has 40 heavy (non-hydrogen) atoms. The maximum Gasteiger partial charge on any atom is 0.334 e. The molecule has 8 nitrogen and oxygen atoms in total. The van der Waals surface area contributed by atoms with Crippen LogP contribution in [0.1, 0.15) is 78.6 Å². The fourth-order valence-electron chi connectivity index (χ4n) is 9.52. The van der Waals surface area contributed by atoms with Crippen LogP contribution in [0.4, 0.5) is 0 Å². The molecule has 10 heteroatoms. The van der Waals surface area contributed by atoms with Crippen molar-refractivity contribution >= 4 is 39.3 Å². The normalized spacial score (nSPS) is 48.8. The molecule has 218 valence electrons. The Kier molecular flexibility index (Phi) is 5.80. The van der Waals surface area contributed by atoms with E-state index in [9.17, 15) is 14.4 Å². The zero-order valence-electron chi connectivity index (χ0n) is 23.4. The maximum absolute atomic E-state index is 13.3. The Morgan fingerprint density at radius 3 is 2.77 bits per heavy atom. The second-order valence-electron chi connectivity index (χ2n) is 13.7. The van der Waals surface area contributed by atoms with Crippen LogP contribution in [-0.4, -0.2) is 76.6 Å². The minimum atomic E-state index is -0.780. The van der Waals surface area contributed by atoms with Crippen molar-refractivity contribution in [2.45, 2.75) is 125 Å². The molecule has 2 spiro atoms. The molecule has 0 amide bonds. The molecule has 0 N–H and O–H groups in total. The Labute approximate surface area is 242 Å². The fraction of sp³-hybridized carbons (Fsp3) is 0.833. The largest absolute Gasteiger partial charge is 0.458 e. The smallest absolute Gasteiger partial charge is 0.334 e. The molecule has 0 bridgehead atoms. The van der Waals surface area contributed by atoms with Crippen molar-refractivity contribution in [3.05, 3.63) is 11.1 Å². The maximum atomic E-state index is 13.3. The van der Waals surface area contributed by atoms with Crippen molar-refractivity contribution in [3.63, 3.8) is 0 Å². The topological polar surface area (TPSA) is 107 Å². The zero-order chi connectivity index (χ0) is 27.7.